The molecule has 0 fully saturated rings. The standard InChI is InChI=1S/C21H18F3N3O3/c1-12-2-4-15-10-16(6-5-14(15)8-12)30-18-7-3-13(9-17(18)21(22,23)24)11-29-20(28)27-19(25)26/h2-10H,11H2,1H3,(H4,25,26,27,28). The van der Waals surface area contributed by atoms with Crippen LogP contribution < -0.4 is 16.2 Å². The molecule has 0 atom stereocenters. The van der Waals surface area contributed by atoms with Gasteiger partial charge < -0.3 is 20.9 Å². The van der Waals surface area contributed by atoms with E-state index in [0.29, 0.717) is 0 Å². The number of hydrogen-bond acceptors (Lipinski definition) is 3. The second kappa shape index (κ2) is 8.32. The molecule has 3 aromatic carbocycles. The summed E-state index contributed by atoms with van der Waals surface area (Å²) in [6.07, 6.45) is -5.78. The molecule has 0 aliphatic rings. The van der Waals surface area contributed by atoms with Crippen molar-refractivity contribution >= 4 is 22.8 Å². The third-order valence-electron chi connectivity index (χ3n) is 4.13. The van der Waals surface area contributed by atoms with Crippen LogP contribution in [0.15, 0.2) is 59.6 Å². The topological polar surface area (TPSA) is 99.9 Å². The first-order valence-corrected chi connectivity index (χ1v) is 8.76. The molecule has 0 aliphatic heterocycles. The molecule has 0 saturated carbocycles. The molecule has 156 valence electrons. The molecule has 0 bridgehead atoms. The number of aryl methyl sites for hydroxylation is 1. The Morgan fingerprint density at radius 2 is 1.70 bits per heavy atom. The van der Waals surface area contributed by atoms with E-state index in [1.807, 2.05) is 25.1 Å². The average Bonchev–Trinajstić information content (AvgIpc) is 2.66. The van der Waals surface area contributed by atoms with Gasteiger partial charge in [0, 0.05) is 0 Å². The van der Waals surface area contributed by atoms with E-state index in [-0.39, 0.29) is 17.1 Å². The lowest BCUT2D eigenvalue weighted by Crippen LogP contribution is -2.24. The molecular formula is C21H18F3N3O3. The van der Waals surface area contributed by atoms with Crippen LogP contribution in [-0.4, -0.2) is 12.1 Å². The maximum absolute atomic E-state index is 13.6. The lowest BCUT2D eigenvalue weighted by Gasteiger charge is -2.15. The van der Waals surface area contributed by atoms with Gasteiger partial charge in [-0.25, -0.2) is 4.79 Å². The van der Waals surface area contributed by atoms with Crippen molar-refractivity contribution < 1.29 is 27.4 Å². The molecule has 0 spiro atoms. The second-order valence-electron chi connectivity index (χ2n) is 6.53. The maximum Gasteiger partial charge on any atom is 0.437 e. The summed E-state index contributed by atoms with van der Waals surface area (Å²) < 4.78 is 50.9. The number of benzene rings is 3. The molecule has 0 aromatic heterocycles. The highest BCUT2D eigenvalue weighted by molar-refractivity contribution is 5.88. The largest absolute Gasteiger partial charge is 0.457 e. The fourth-order valence-corrected chi connectivity index (χ4v) is 2.79. The lowest BCUT2D eigenvalue weighted by molar-refractivity contribution is -0.138. The van der Waals surface area contributed by atoms with E-state index in [0.717, 1.165) is 22.4 Å². The van der Waals surface area contributed by atoms with Crippen molar-refractivity contribution in [3.8, 4) is 11.5 Å². The van der Waals surface area contributed by atoms with Crippen LogP contribution >= 0.6 is 0 Å². The number of guanidine groups is 1. The molecule has 3 aromatic rings. The molecule has 0 unspecified atom stereocenters. The van der Waals surface area contributed by atoms with E-state index in [9.17, 15) is 18.0 Å². The van der Waals surface area contributed by atoms with Crippen LogP contribution in [-0.2, 0) is 17.5 Å². The van der Waals surface area contributed by atoms with E-state index in [1.165, 1.54) is 12.1 Å². The predicted molar refractivity (Wildman–Crippen MR) is 106 cm³/mol. The smallest absolute Gasteiger partial charge is 0.437 e. The van der Waals surface area contributed by atoms with Crippen molar-refractivity contribution in [1.29, 1.82) is 0 Å². The number of aliphatic imine (C=N–C) groups is 1. The Morgan fingerprint density at radius 1 is 1.00 bits per heavy atom. The van der Waals surface area contributed by atoms with Gasteiger partial charge in [-0.15, -0.1) is 4.99 Å². The molecule has 30 heavy (non-hydrogen) atoms. The van der Waals surface area contributed by atoms with Gasteiger partial charge in [-0.05, 0) is 47.5 Å². The number of amides is 1. The first-order chi connectivity index (χ1) is 14.1. The minimum atomic E-state index is -4.68. The van der Waals surface area contributed by atoms with Gasteiger partial charge in [-0.3, -0.25) is 0 Å². The average molecular weight is 417 g/mol. The molecule has 4 N–H and O–H groups in total. The van der Waals surface area contributed by atoms with Crippen molar-refractivity contribution in [2.45, 2.75) is 19.7 Å². The first-order valence-electron chi connectivity index (χ1n) is 8.76. The number of alkyl halides is 3. The highest BCUT2D eigenvalue weighted by Crippen LogP contribution is 2.39. The van der Waals surface area contributed by atoms with E-state index in [2.05, 4.69) is 4.99 Å². The zero-order chi connectivity index (χ0) is 21.9. The number of nitrogens with two attached hydrogens (primary N) is 2. The van der Waals surface area contributed by atoms with Crippen molar-refractivity contribution in [3.05, 3.63) is 71.3 Å². The number of ether oxygens (including phenoxy) is 2. The molecule has 6 nitrogen and oxygen atoms in total. The number of carbonyl (C=O) groups is 1. The molecule has 0 aliphatic carbocycles. The number of fused-ring (bicyclic) bond motifs is 1. The second-order valence-corrected chi connectivity index (χ2v) is 6.53. The summed E-state index contributed by atoms with van der Waals surface area (Å²) in [7, 11) is 0. The normalized spacial score (nSPS) is 11.2. The Balaban J connectivity index is 1.86. The van der Waals surface area contributed by atoms with Crippen LogP contribution in [0.25, 0.3) is 10.8 Å². The minimum Gasteiger partial charge on any atom is -0.457 e. The van der Waals surface area contributed by atoms with Gasteiger partial charge in [0.15, 0.2) is 5.96 Å². The number of nitrogens with zero attached hydrogens (tertiary/aromatic N) is 1. The van der Waals surface area contributed by atoms with E-state index < -0.39 is 30.4 Å². The Bertz CT molecular complexity index is 1120. The van der Waals surface area contributed by atoms with Gasteiger partial charge in [-0.1, -0.05) is 35.9 Å². The highest BCUT2D eigenvalue weighted by Gasteiger charge is 2.35. The summed E-state index contributed by atoms with van der Waals surface area (Å²) in [5.74, 6) is -0.609. The monoisotopic (exact) mass is 417 g/mol. The fraction of sp³-hybridized carbons (Fsp3) is 0.143. The van der Waals surface area contributed by atoms with Crippen LogP contribution in [0.3, 0.4) is 0 Å². The summed E-state index contributed by atoms with van der Waals surface area (Å²) in [6, 6.07) is 14.2. The van der Waals surface area contributed by atoms with Crippen LogP contribution in [0.4, 0.5) is 18.0 Å². The highest BCUT2D eigenvalue weighted by atomic mass is 19.4. The van der Waals surface area contributed by atoms with Crippen LogP contribution in [0, 0.1) is 6.92 Å². The Hall–Kier alpha value is -3.75. The molecule has 9 heteroatoms. The van der Waals surface area contributed by atoms with Crippen molar-refractivity contribution in [2.24, 2.45) is 16.5 Å². The molecule has 0 radical (unpaired) electrons. The predicted octanol–water partition coefficient (Wildman–Crippen LogP) is 4.87. The van der Waals surface area contributed by atoms with Crippen molar-refractivity contribution in [1.82, 2.24) is 0 Å². The third kappa shape index (κ3) is 5.19. The third-order valence-corrected chi connectivity index (χ3v) is 4.13. The van der Waals surface area contributed by atoms with Crippen molar-refractivity contribution in [3.63, 3.8) is 0 Å². The molecular weight excluding hydrogens is 399 g/mol. The van der Waals surface area contributed by atoms with Crippen molar-refractivity contribution in [2.75, 3.05) is 0 Å². The fourth-order valence-electron chi connectivity index (χ4n) is 2.79. The van der Waals surface area contributed by atoms with E-state index in [4.69, 9.17) is 20.9 Å². The molecule has 0 heterocycles. The summed E-state index contributed by atoms with van der Waals surface area (Å²) in [5.41, 5.74) is 10.3. The molecule has 0 saturated heterocycles. The van der Waals surface area contributed by atoms with Crippen LogP contribution in [0.5, 0.6) is 11.5 Å². The first kappa shape index (κ1) is 21.0. The van der Waals surface area contributed by atoms with E-state index >= 15 is 0 Å². The summed E-state index contributed by atoms with van der Waals surface area (Å²) in [5, 5.41) is 1.80. The minimum absolute atomic E-state index is 0.0998. The maximum atomic E-state index is 13.6. The zero-order valence-electron chi connectivity index (χ0n) is 15.9. The Kier molecular flexibility index (Phi) is 5.81. The van der Waals surface area contributed by atoms with Crippen LogP contribution in [0.2, 0.25) is 0 Å². The zero-order valence-corrected chi connectivity index (χ0v) is 15.9. The van der Waals surface area contributed by atoms with Crippen LogP contribution in [0.1, 0.15) is 16.7 Å². The number of hydrogen-bond donors (Lipinski definition) is 2. The number of carbonyl (C=O) groups excluding carboxylic acids is 1. The summed E-state index contributed by atoms with van der Waals surface area (Å²) in [4.78, 5) is 14.5. The SMILES string of the molecule is Cc1ccc2cc(Oc3ccc(COC(=O)N=C(N)N)cc3C(F)(F)F)ccc2c1. The summed E-state index contributed by atoms with van der Waals surface area (Å²) in [6.45, 7) is 1.52. The Morgan fingerprint density at radius 3 is 2.40 bits per heavy atom. The van der Waals surface area contributed by atoms with Gasteiger partial charge in [0.05, 0.1) is 5.56 Å². The summed E-state index contributed by atoms with van der Waals surface area (Å²) >= 11 is 0. The lowest BCUT2D eigenvalue weighted by atomic mass is 10.1. The van der Waals surface area contributed by atoms with E-state index in [1.54, 1.807) is 18.2 Å². The van der Waals surface area contributed by atoms with Gasteiger partial charge in [0.2, 0.25) is 0 Å². The molecule has 3 rings (SSSR count). The Labute approximate surface area is 169 Å². The number of halogens is 3. The van der Waals surface area contributed by atoms with Gasteiger partial charge >= 0.3 is 12.3 Å². The molecule has 1 amide bonds. The quantitative estimate of drug-likeness (QED) is 0.466. The van der Waals surface area contributed by atoms with Gasteiger partial charge in [0.25, 0.3) is 0 Å². The number of rotatable bonds is 4. The van der Waals surface area contributed by atoms with Gasteiger partial charge in [0.1, 0.15) is 18.1 Å². The van der Waals surface area contributed by atoms with Gasteiger partial charge in [-0.2, -0.15) is 13.2 Å².